The van der Waals surface area contributed by atoms with Crippen molar-refractivity contribution >= 4 is 22.6 Å². The van der Waals surface area contributed by atoms with Crippen molar-refractivity contribution < 1.29 is 0 Å². The Labute approximate surface area is 74.8 Å². The molecule has 10 heavy (non-hydrogen) atoms. The summed E-state index contributed by atoms with van der Waals surface area (Å²) in [5.74, 6) is 0. The third-order valence-corrected chi connectivity index (χ3v) is 3.49. The van der Waals surface area contributed by atoms with Crippen molar-refractivity contribution in [3.8, 4) is 0 Å². The first-order valence-electron chi connectivity index (χ1n) is 3.52. The summed E-state index contributed by atoms with van der Waals surface area (Å²) < 4.78 is 0.507. The predicted molar refractivity (Wildman–Crippen MR) is 51.0 cm³/mol. The average Bonchev–Trinajstić information content (AvgIpc) is 1.84. The van der Waals surface area contributed by atoms with Crippen LogP contribution < -0.4 is 17.2 Å². The van der Waals surface area contributed by atoms with Crippen molar-refractivity contribution in [2.75, 3.05) is 0 Å². The highest BCUT2D eigenvalue weighted by Crippen LogP contribution is 2.22. The van der Waals surface area contributed by atoms with Crippen LogP contribution >= 0.6 is 22.6 Å². The van der Waals surface area contributed by atoms with Crippen molar-refractivity contribution in [2.24, 2.45) is 17.2 Å². The Morgan fingerprint density at radius 3 is 1.90 bits per heavy atom. The van der Waals surface area contributed by atoms with Crippen LogP contribution in [0.5, 0.6) is 0 Å². The molecule has 0 saturated heterocycles. The minimum atomic E-state index is 0.112. The molecule has 0 aliphatic heterocycles. The van der Waals surface area contributed by atoms with Crippen LogP contribution in [0.1, 0.15) is 12.8 Å². The number of nitrogens with two attached hydrogens (primary N) is 3. The average molecular weight is 255 g/mol. The van der Waals surface area contributed by atoms with Gasteiger partial charge in [-0.2, -0.15) is 0 Å². The standard InChI is InChI=1S/C6H14IN3/c7-3-1-5(9)6(10)2-4(3)8/h3-6H,1-2,8-10H2. The fourth-order valence-electron chi connectivity index (χ4n) is 1.25. The Morgan fingerprint density at radius 1 is 0.900 bits per heavy atom. The van der Waals surface area contributed by atoms with Crippen LogP contribution in [-0.4, -0.2) is 22.1 Å². The Kier molecular flexibility index (Phi) is 2.91. The molecule has 0 bridgehead atoms. The van der Waals surface area contributed by atoms with E-state index < -0.39 is 0 Å². The quantitative estimate of drug-likeness (QED) is 0.406. The summed E-state index contributed by atoms with van der Waals surface area (Å²) in [6.07, 6.45) is 1.83. The van der Waals surface area contributed by atoms with E-state index in [1.165, 1.54) is 0 Å². The highest BCUT2D eigenvalue weighted by Gasteiger charge is 2.29. The SMILES string of the molecule is NC1CC(N)C(I)CC1N. The van der Waals surface area contributed by atoms with E-state index in [1.807, 2.05) is 0 Å². The van der Waals surface area contributed by atoms with Gasteiger partial charge in [0.25, 0.3) is 0 Å². The van der Waals surface area contributed by atoms with Gasteiger partial charge in [0.1, 0.15) is 0 Å². The molecule has 0 heterocycles. The second-order valence-electron chi connectivity index (χ2n) is 2.98. The van der Waals surface area contributed by atoms with Gasteiger partial charge in [-0.15, -0.1) is 0 Å². The number of halogens is 1. The lowest BCUT2D eigenvalue weighted by Gasteiger charge is -2.33. The molecular weight excluding hydrogens is 241 g/mol. The summed E-state index contributed by atoms with van der Waals surface area (Å²) in [5, 5.41) is 0. The molecule has 60 valence electrons. The molecule has 1 fully saturated rings. The molecule has 0 aromatic heterocycles. The molecule has 0 aromatic carbocycles. The number of hydrogen-bond donors (Lipinski definition) is 3. The zero-order chi connectivity index (χ0) is 7.72. The van der Waals surface area contributed by atoms with Crippen LogP contribution in [0.3, 0.4) is 0 Å². The first-order chi connectivity index (χ1) is 4.61. The molecule has 3 nitrogen and oxygen atoms in total. The van der Waals surface area contributed by atoms with Crippen molar-refractivity contribution in [1.82, 2.24) is 0 Å². The monoisotopic (exact) mass is 255 g/mol. The van der Waals surface area contributed by atoms with Gasteiger partial charge in [0, 0.05) is 22.1 Å². The summed E-state index contributed by atoms with van der Waals surface area (Å²) in [4.78, 5) is 0. The molecule has 1 saturated carbocycles. The minimum absolute atomic E-state index is 0.112. The molecule has 1 aliphatic rings. The van der Waals surface area contributed by atoms with Gasteiger partial charge in [0.05, 0.1) is 0 Å². The Hall–Kier alpha value is 0.610. The van der Waals surface area contributed by atoms with Crippen LogP contribution in [0, 0.1) is 0 Å². The zero-order valence-electron chi connectivity index (χ0n) is 5.83. The lowest BCUT2D eigenvalue weighted by Crippen LogP contribution is -2.53. The summed E-state index contributed by atoms with van der Waals surface area (Å²) in [5.41, 5.74) is 17.3. The van der Waals surface area contributed by atoms with E-state index in [9.17, 15) is 0 Å². The smallest absolute Gasteiger partial charge is 0.0277 e. The maximum atomic E-state index is 5.79. The zero-order valence-corrected chi connectivity index (χ0v) is 7.99. The van der Waals surface area contributed by atoms with E-state index in [-0.39, 0.29) is 18.1 Å². The molecular formula is C6H14IN3. The van der Waals surface area contributed by atoms with E-state index in [0.29, 0.717) is 3.92 Å². The van der Waals surface area contributed by atoms with E-state index in [4.69, 9.17) is 17.2 Å². The number of alkyl halides is 1. The first-order valence-corrected chi connectivity index (χ1v) is 4.76. The molecule has 1 rings (SSSR count). The Morgan fingerprint density at radius 2 is 1.40 bits per heavy atom. The second-order valence-corrected chi connectivity index (χ2v) is 4.58. The van der Waals surface area contributed by atoms with E-state index in [1.54, 1.807) is 0 Å². The molecule has 0 radical (unpaired) electrons. The largest absolute Gasteiger partial charge is 0.327 e. The summed E-state index contributed by atoms with van der Waals surface area (Å²) in [7, 11) is 0. The number of rotatable bonds is 0. The van der Waals surface area contributed by atoms with Gasteiger partial charge in [0.2, 0.25) is 0 Å². The molecule has 0 spiro atoms. The number of hydrogen-bond acceptors (Lipinski definition) is 3. The van der Waals surface area contributed by atoms with Gasteiger partial charge in [-0.05, 0) is 12.8 Å². The summed E-state index contributed by atoms with van der Waals surface area (Å²) in [6.45, 7) is 0. The van der Waals surface area contributed by atoms with Crippen LogP contribution in [0.2, 0.25) is 0 Å². The van der Waals surface area contributed by atoms with Crippen LogP contribution in [-0.2, 0) is 0 Å². The van der Waals surface area contributed by atoms with Crippen molar-refractivity contribution in [2.45, 2.75) is 34.9 Å². The predicted octanol–water partition coefficient (Wildman–Crippen LogP) is -0.434. The maximum Gasteiger partial charge on any atom is 0.0277 e. The van der Waals surface area contributed by atoms with Crippen LogP contribution in [0.15, 0.2) is 0 Å². The van der Waals surface area contributed by atoms with E-state index in [0.717, 1.165) is 12.8 Å². The third kappa shape index (κ3) is 1.81. The van der Waals surface area contributed by atoms with Crippen molar-refractivity contribution in [1.29, 1.82) is 0 Å². The van der Waals surface area contributed by atoms with Crippen molar-refractivity contribution in [3.05, 3.63) is 0 Å². The highest BCUT2D eigenvalue weighted by molar-refractivity contribution is 14.1. The molecule has 4 unspecified atom stereocenters. The normalized spacial score (nSPS) is 49.2. The van der Waals surface area contributed by atoms with Gasteiger partial charge in [-0.25, -0.2) is 0 Å². The van der Waals surface area contributed by atoms with E-state index >= 15 is 0 Å². The van der Waals surface area contributed by atoms with Gasteiger partial charge >= 0.3 is 0 Å². The fraction of sp³-hybridized carbons (Fsp3) is 1.00. The van der Waals surface area contributed by atoms with Gasteiger partial charge < -0.3 is 17.2 Å². The topological polar surface area (TPSA) is 78.1 Å². The maximum absolute atomic E-state index is 5.79. The fourth-order valence-corrected chi connectivity index (χ4v) is 2.13. The third-order valence-electron chi connectivity index (χ3n) is 2.06. The Balaban J connectivity index is 2.46. The molecule has 4 atom stereocenters. The lowest BCUT2D eigenvalue weighted by atomic mass is 9.88. The summed E-state index contributed by atoms with van der Waals surface area (Å²) >= 11 is 2.35. The second kappa shape index (κ2) is 3.34. The molecule has 1 aliphatic carbocycles. The Bertz CT molecular complexity index is 93.6. The highest BCUT2D eigenvalue weighted by atomic mass is 127. The van der Waals surface area contributed by atoms with Gasteiger partial charge in [-0.1, -0.05) is 22.6 Å². The van der Waals surface area contributed by atoms with Gasteiger partial charge in [-0.3, -0.25) is 0 Å². The van der Waals surface area contributed by atoms with E-state index in [2.05, 4.69) is 22.6 Å². The minimum Gasteiger partial charge on any atom is -0.327 e. The first kappa shape index (κ1) is 8.70. The van der Waals surface area contributed by atoms with Gasteiger partial charge in [0.15, 0.2) is 0 Å². The molecule has 0 aromatic rings. The lowest BCUT2D eigenvalue weighted by molar-refractivity contribution is 0.363. The molecule has 0 amide bonds. The van der Waals surface area contributed by atoms with Crippen LogP contribution in [0.4, 0.5) is 0 Å². The molecule has 4 heteroatoms. The molecule has 6 N–H and O–H groups in total. The van der Waals surface area contributed by atoms with Crippen molar-refractivity contribution in [3.63, 3.8) is 0 Å². The summed E-state index contributed by atoms with van der Waals surface area (Å²) in [6, 6.07) is 0.512. The van der Waals surface area contributed by atoms with Crippen LogP contribution in [0.25, 0.3) is 0 Å².